The summed E-state index contributed by atoms with van der Waals surface area (Å²) in [6, 6.07) is 6.34. The maximum atomic E-state index is 10.4. The van der Waals surface area contributed by atoms with Gasteiger partial charge in [0.15, 0.2) is 0 Å². The third-order valence-electron chi connectivity index (χ3n) is 1.36. The monoisotopic (exact) mass is 170 g/mol. The van der Waals surface area contributed by atoms with Crippen molar-refractivity contribution in [3.05, 3.63) is 24.3 Å². The predicted molar refractivity (Wildman–Crippen MR) is 50.4 cm³/mol. The zero-order valence-electron chi connectivity index (χ0n) is 6.70. The number of hydrogen-bond donors (Lipinski definition) is 2. The van der Waals surface area contributed by atoms with Gasteiger partial charge in [-0.05, 0) is 24.3 Å². The molecule has 1 rings (SSSR count). The van der Waals surface area contributed by atoms with Gasteiger partial charge in [0.2, 0.25) is 0 Å². The lowest BCUT2D eigenvalue weighted by molar-refractivity contribution is 0.259. The minimum Gasteiger partial charge on any atom is -0.497 e. The minimum atomic E-state index is -0.569. The van der Waals surface area contributed by atoms with Gasteiger partial charge in [-0.2, -0.15) is 0 Å². The highest BCUT2D eigenvalue weighted by Gasteiger charge is 1.95. The fourth-order valence-electron chi connectivity index (χ4n) is 0.817. The van der Waals surface area contributed by atoms with E-state index >= 15 is 0 Å². The standard InChI is InChI=1S/C8H10N2O2.2H2/c1-12-7-4-2-6(3-5-7)10-8(9)11;;/h2-5H,1H3,(H3,9,10,11);2*1H. The average molecular weight is 170 g/mol. The van der Waals surface area contributed by atoms with E-state index in [-0.39, 0.29) is 2.85 Å². The normalized spacial score (nSPS) is 9.08. The van der Waals surface area contributed by atoms with E-state index in [1.54, 1.807) is 31.4 Å². The molecule has 1 aromatic carbocycles. The van der Waals surface area contributed by atoms with E-state index in [1.165, 1.54) is 0 Å². The van der Waals surface area contributed by atoms with Gasteiger partial charge in [0.1, 0.15) is 5.75 Å². The van der Waals surface area contributed by atoms with Crippen molar-refractivity contribution in [3.63, 3.8) is 0 Å². The third kappa shape index (κ3) is 2.16. The number of nitrogens with one attached hydrogen (secondary N) is 1. The first-order chi connectivity index (χ1) is 5.72. The molecule has 4 nitrogen and oxygen atoms in total. The summed E-state index contributed by atoms with van der Waals surface area (Å²) in [5.41, 5.74) is 5.57. The fourth-order valence-corrected chi connectivity index (χ4v) is 0.817. The van der Waals surface area contributed by atoms with Crippen LogP contribution in [0.1, 0.15) is 2.85 Å². The molecular formula is C8H14N2O2. The third-order valence-corrected chi connectivity index (χ3v) is 1.36. The predicted octanol–water partition coefficient (Wildman–Crippen LogP) is 1.68. The first kappa shape index (κ1) is 8.39. The highest BCUT2D eigenvalue weighted by molar-refractivity contribution is 5.87. The minimum absolute atomic E-state index is 0. The van der Waals surface area contributed by atoms with E-state index in [9.17, 15) is 4.79 Å². The van der Waals surface area contributed by atoms with E-state index in [1.807, 2.05) is 0 Å². The van der Waals surface area contributed by atoms with E-state index in [2.05, 4.69) is 5.32 Å². The van der Waals surface area contributed by atoms with Crippen molar-refractivity contribution in [1.82, 2.24) is 0 Å². The van der Waals surface area contributed by atoms with Gasteiger partial charge in [-0.3, -0.25) is 0 Å². The lowest BCUT2D eigenvalue weighted by Crippen LogP contribution is -2.19. The first-order valence-electron chi connectivity index (χ1n) is 3.43. The Kier molecular flexibility index (Phi) is 2.53. The van der Waals surface area contributed by atoms with Gasteiger partial charge >= 0.3 is 6.03 Å². The molecule has 12 heavy (non-hydrogen) atoms. The molecule has 0 fully saturated rings. The SMILES string of the molecule is COc1ccc(NC(N)=O)cc1.[HH].[HH]. The molecule has 0 aliphatic rings. The summed E-state index contributed by atoms with van der Waals surface area (Å²) in [6.07, 6.45) is 0. The maximum absolute atomic E-state index is 10.4. The van der Waals surface area contributed by atoms with Gasteiger partial charge in [0.05, 0.1) is 7.11 Å². The molecule has 68 valence electrons. The molecule has 0 saturated carbocycles. The number of ether oxygens (including phenoxy) is 1. The Morgan fingerprint density at radius 2 is 2.08 bits per heavy atom. The van der Waals surface area contributed by atoms with Gasteiger partial charge < -0.3 is 15.8 Å². The molecule has 2 amide bonds. The number of methoxy groups -OCH3 is 1. The van der Waals surface area contributed by atoms with Gasteiger partial charge in [-0.15, -0.1) is 0 Å². The quantitative estimate of drug-likeness (QED) is 0.709. The Labute approximate surface area is 73.3 Å². The van der Waals surface area contributed by atoms with Crippen molar-refractivity contribution in [2.24, 2.45) is 5.73 Å². The molecule has 0 aromatic heterocycles. The molecule has 0 heterocycles. The smallest absolute Gasteiger partial charge is 0.316 e. The molecule has 3 N–H and O–H groups in total. The van der Waals surface area contributed by atoms with Crippen molar-refractivity contribution >= 4 is 11.7 Å². The van der Waals surface area contributed by atoms with Crippen LogP contribution in [0.2, 0.25) is 0 Å². The molecule has 0 unspecified atom stereocenters. The van der Waals surface area contributed by atoms with Gasteiger partial charge in [0.25, 0.3) is 0 Å². The highest BCUT2D eigenvalue weighted by atomic mass is 16.5. The van der Waals surface area contributed by atoms with E-state index in [4.69, 9.17) is 10.5 Å². The number of benzene rings is 1. The number of nitrogens with two attached hydrogens (primary N) is 1. The van der Waals surface area contributed by atoms with E-state index in [0.29, 0.717) is 5.69 Å². The molecule has 4 heteroatoms. The summed E-state index contributed by atoms with van der Waals surface area (Å²) in [5, 5.41) is 2.44. The summed E-state index contributed by atoms with van der Waals surface area (Å²) in [6.45, 7) is 0. The molecule has 0 atom stereocenters. The number of primary amides is 1. The van der Waals surface area contributed by atoms with Crippen LogP contribution in [0.5, 0.6) is 5.75 Å². The van der Waals surface area contributed by atoms with Gasteiger partial charge in [0, 0.05) is 8.54 Å². The van der Waals surface area contributed by atoms with Gasteiger partial charge in [-0.25, -0.2) is 4.79 Å². The largest absolute Gasteiger partial charge is 0.497 e. The van der Waals surface area contributed by atoms with Crippen LogP contribution in [-0.4, -0.2) is 13.1 Å². The van der Waals surface area contributed by atoms with Crippen molar-refractivity contribution < 1.29 is 12.4 Å². The molecular weight excluding hydrogens is 156 g/mol. The van der Waals surface area contributed by atoms with Crippen LogP contribution in [0.25, 0.3) is 0 Å². The molecule has 0 bridgehead atoms. The summed E-state index contributed by atoms with van der Waals surface area (Å²) in [5.74, 6) is 0.741. The number of urea groups is 1. The Balaban J connectivity index is 0. The summed E-state index contributed by atoms with van der Waals surface area (Å²) in [7, 11) is 1.58. The first-order valence-corrected chi connectivity index (χ1v) is 3.43. The van der Waals surface area contributed by atoms with Crippen molar-refractivity contribution in [2.75, 3.05) is 12.4 Å². The Morgan fingerprint density at radius 3 is 2.50 bits per heavy atom. The highest BCUT2D eigenvalue weighted by Crippen LogP contribution is 2.14. The van der Waals surface area contributed by atoms with Crippen molar-refractivity contribution in [1.29, 1.82) is 0 Å². The summed E-state index contributed by atoms with van der Waals surface area (Å²) >= 11 is 0. The number of carbonyl (C=O) groups is 1. The van der Waals surface area contributed by atoms with Crippen molar-refractivity contribution in [2.45, 2.75) is 0 Å². The van der Waals surface area contributed by atoms with Crippen LogP contribution in [0.4, 0.5) is 10.5 Å². The van der Waals surface area contributed by atoms with Crippen LogP contribution < -0.4 is 15.8 Å². The Bertz CT molecular complexity index is 277. The van der Waals surface area contributed by atoms with Crippen LogP contribution in [0.15, 0.2) is 24.3 Å². The van der Waals surface area contributed by atoms with E-state index in [0.717, 1.165) is 5.75 Å². The zero-order chi connectivity index (χ0) is 8.97. The average Bonchev–Trinajstić information content (AvgIpc) is 2.05. The second-order valence-corrected chi connectivity index (χ2v) is 2.22. The summed E-state index contributed by atoms with van der Waals surface area (Å²) < 4.78 is 4.93. The van der Waals surface area contributed by atoms with Crippen LogP contribution in [-0.2, 0) is 0 Å². The van der Waals surface area contributed by atoms with Crippen molar-refractivity contribution in [3.8, 4) is 5.75 Å². The second kappa shape index (κ2) is 3.61. The van der Waals surface area contributed by atoms with Crippen LogP contribution in [0.3, 0.4) is 0 Å². The number of carbonyl (C=O) groups excluding carboxylic acids is 1. The summed E-state index contributed by atoms with van der Waals surface area (Å²) in [4.78, 5) is 10.4. The lowest BCUT2D eigenvalue weighted by atomic mass is 10.3. The number of amides is 2. The number of anilines is 1. The maximum Gasteiger partial charge on any atom is 0.316 e. The molecule has 0 aliphatic carbocycles. The Hall–Kier alpha value is -1.71. The molecule has 0 radical (unpaired) electrons. The van der Waals surface area contributed by atoms with Crippen LogP contribution in [0, 0.1) is 0 Å². The zero-order valence-corrected chi connectivity index (χ0v) is 6.70. The fraction of sp³-hybridized carbons (Fsp3) is 0.125. The van der Waals surface area contributed by atoms with E-state index < -0.39 is 6.03 Å². The molecule has 0 saturated heterocycles. The van der Waals surface area contributed by atoms with Crippen LogP contribution >= 0.6 is 0 Å². The molecule has 0 aliphatic heterocycles. The lowest BCUT2D eigenvalue weighted by Gasteiger charge is -2.02. The molecule has 0 spiro atoms. The Morgan fingerprint density at radius 1 is 1.50 bits per heavy atom. The van der Waals surface area contributed by atoms with Gasteiger partial charge in [-0.1, -0.05) is 0 Å². The molecule has 1 aromatic rings. The topological polar surface area (TPSA) is 64.3 Å². The number of hydrogen-bond acceptors (Lipinski definition) is 2. The number of rotatable bonds is 2. The second-order valence-electron chi connectivity index (χ2n) is 2.22.